The van der Waals surface area contributed by atoms with Gasteiger partial charge >= 0.3 is 0 Å². The van der Waals surface area contributed by atoms with Gasteiger partial charge in [-0.25, -0.2) is 0 Å². The van der Waals surface area contributed by atoms with E-state index in [9.17, 15) is 0 Å². The predicted molar refractivity (Wildman–Crippen MR) is 47.0 cm³/mol. The fourth-order valence-electron chi connectivity index (χ4n) is 1.39. The number of aryl methyl sites for hydroxylation is 1. The molecule has 2 rings (SSSR count). The van der Waals surface area contributed by atoms with Crippen LogP contribution >= 0.6 is 0 Å². The molecule has 54 valence electrons. The van der Waals surface area contributed by atoms with Gasteiger partial charge in [-0.2, -0.15) is 0 Å². The zero-order valence-electron chi connectivity index (χ0n) is 6.46. The molecule has 11 heavy (non-hydrogen) atoms. The molecule has 0 aromatic carbocycles. The molecule has 0 bridgehead atoms. The van der Waals surface area contributed by atoms with Gasteiger partial charge in [0.15, 0.2) is 0 Å². The Hall–Kier alpha value is -1.37. The summed E-state index contributed by atoms with van der Waals surface area (Å²) in [6, 6.07) is 2.01. The molecule has 0 saturated carbocycles. The standard InChI is InChI=1S/C10H9N/c1-7-3-4-9-10(7)8(2)5-6-11-9/h3-6H,1H2,2H3. The Morgan fingerprint density at radius 3 is 2.91 bits per heavy atom. The SMILES string of the molecule is C=C1C=Cc2nccc(C)c21. The van der Waals surface area contributed by atoms with E-state index in [4.69, 9.17) is 0 Å². The van der Waals surface area contributed by atoms with Gasteiger partial charge in [-0.15, -0.1) is 0 Å². The van der Waals surface area contributed by atoms with E-state index in [2.05, 4.69) is 18.5 Å². The van der Waals surface area contributed by atoms with Crippen LogP contribution in [0, 0.1) is 6.92 Å². The molecule has 0 spiro atoms. The fourth-order valence-corrected chi connectivity index (χ4v) is 1.39. The largest absolute Gasteiger partial charge is 0.256 e. The lowest BCUT2D eigenvalue weighted by Crippen LogP contribution is -1.88. The third-order valence-electron chi connectivity index (χ3n) is 1.95. The van der Waals surface area contributed by atoms with Crippen LogP contribution in [0.15, 0.2) is 24.9 Å². The zero-order valence-corrected chi connectivity index (χ0v) is 6.46. The van der Waals surface area contributed by atoms with Crippen molar-refractivity contribution < 1.29 is 0 Å². The van der Waals surface area contributed by atoms with Crippen LogP contribution in [0.2, 0.25) is 0 Å². The molecule has 0 N–H and O–H groups in total. The molecule has 0 radical (unpaired) electrons. The van der Waals surface area contributed by atoms with Gasteiger partial charge in [-0.3, -0.25) is 4.98 Å². The summed E-state index contributed by atoms with van der Waals surface area (Å²) in [6.07, 6.45) is 5.84. The summed E-state index contributed by atoms with van der Waals surface area (Å²) in [5, 5.41) is 0. The zero-order chi connectivity index (χ0) is 7.84. The van der Waals surface area contributed by atoms with E-state index in [1.165, 1.54) is 11.1 Å². The second-order valence-corrected chi connectivity index (χ2v) is 2.75. The highest BCUT2D eigenvalue weighted by atomic mass is 14.7. The molecule has 1 aromatic rings. The molecule has 0 amide bonds. The van der Waals surface area contributed by atoms with Crippen molar-refractivity contribution in [2.24, 2.45) is 0 Å². The van der Waals surface area contributed by atoms with Gasteiger partial charge in [-0.1, -0.05) is 12.7 Å². The molecule has 1 heteroatoms. The second-order valence-electron chi connectivity index (χ2n) is 2.75. The van der Waals surface area contributed by atoms with E-state index < -0.39 is 0 Å². The van der Waals surface area contributed by atoms with Crippen molar-refractivity contribution >= 4 is 11.6 Å². The van der Waals surface area contributed by atoms with Gasteiger partial charge in [0.2, 0.25) is 0 Å². The van der Waals surface area contributed by atoms with E-state index >= 15 is 0 Å². The van der Waals surface area contributed by atoms with Crippen molar-refractivity contribution in [2.75, 3.05) is 0 Å². The van der Waals surface area contributed by atoms with E-state index in [1.807, 2.05) is 24.4 Å². The minimum Gasteiger partial charge on any atom is -0.256 e. The molecule has 1 aliphatic carbocycles. The maximum Gasteiger partial charge on any atom is 0.0710 e. The number of fused-ring (bicyclic) bond motifs is 1. The lowest BCUT2D eigenvalue weighted by atomic mass is 10.1. The summed E-state index contributed by atoms with van der Waals surface area (Å²) in [7, 11) is 0. The van der Waals surface area contributed by atoms with Crippen LogP contribution in [0.4, 0.5) is 0 Å². The normalized spacial score (nSPS) is 13.7. The van der Waals surface area contributed by atoms with Crippen LogP contribution in [0.3, 0.4) is 0 Å². The smallest absolute Gasteiger partial charge is 0.0710 e. The van der Waals surface area contributed by atoms with Crippen molar-refractivity contribution in [3.8, 4) is 0 Å². The number of rotatable bonds is 0. The van der Waals surface area contributed by atoms with Crippen LogP contribution in [-0.2, 0) is 0 Å². The van der Waals surface area contributed by atoms with Crippen molar-refractivity contribution in [3.63, 3.8) is 0 Å². The molecule has 1 aliphatic rings. The Labute approximate surface area is 66.1 Å². The first-order valence-electron chi connectivity index (χ1n) is 3.62. The van der Waals surface area contributed by atoms with E-state index in [0.717, 1.165) is 11.3 Å². The maximum absolute atomic E-state index is 4.22. The molecule has 0 fully saturated rings. The first-order chi connectivity index (χ1) is 5.29. The summed E-state index contributed by atoms with van der Waals surface area (Å²) in [4.78, 5) is 4.22. The average Bonchev–Trinajstić information content (AvgIpc) is 2.34. The Morgan fingerprint density at radius 2 is 2.18 bits per heavy atom. The summed E-state index contributed by atoms with van der Waals surface area (Å²) in [5.41, 5.74) is 4.58. The molecule has 1 nitrogen and oxygen atoms in total. The van der Waals surface area contributed by atoms with E-state index in [-0.39, 0.29) is 0 Å². The number of nitrogens with zero attached hydrogens (tertiary/aromatic N) is 1. The summed E-state index contributed by atoms with van der Waals surface area (Å²) in [6.45, 7) is 6.01. The second kappa shape index (κ2) is 2.06. The van der Waals surface area contributed by atoms with Gasteiger partial charge in [0.05, 0.1) is 5.69 Å². The topological polar surface area (TPSA) is 12.9 Å². The van der Waals surface area contributed by atoms with E-state index in [0.29, 0.717) is 0 Å². The number of hydrogen-bond donors (Lipinski definition) is 0. The average molecular weight is 143 g/mol. The van der Waals surface area contributed by atoms with Crippen molar-refractivity contribution in [1.82, 2.24) is 4.98 Å². The molecule has 0 atom stereocenters. The lowest BCUT2D eigenvalue weighted by molar-refractivity contribution is 1.25. The first kappa shape index (κ1) is 6.35. The van der Waals surface area contributed by atoms with Gasteiger partial charge in [0.25, 0.3) is 0 Å². The maximum atomic E-state index is 4.22. The van der Waals surface area contributed by atoms with Gasteiger partial charge in [-0.05, 0) is 30.2 Å². The fraction of sp³-hybridized carbons (Fsp3) is 0.100. The third-order valence-corrected chi connectivity index (χ3v) is 1.95. The van der Waals surface area contributed by atoms with Gasteiger partial charge < -0.3 is 0 Å². The molecular weight excluding hydrogens is 134 g/mol. The van der Waals surface area contributed by atoms with Crippen molar-refractivity contribution in [3.05, 3.63) is 41.7 Å². The predicted octanol–water partition coefficient (Wildman–Crippen LogP) is 2.43. The Kier molecular flexibility index (Phi) is 1.19. The quantitative estimate of drug-likeness (QED) is 0.543. The van der Waals surface area contributed by atoms with Crippen LogP contribution < -0.4 is 0 Å². The Morgan fingerprint density at radius 1 is 1.36 bits per heavy atom. The van der Waals surface area contributed by atoms with Crippen molar-refractivity contribution in [2.45, 2.75) is 6.92 Å². The van der Waals surface area contributed by atoms with Crippen LogP contribution in [0.25, 0.3) is 11.6 Å². The summed E-state index contributed by atoms with van der Waals surface area (Å²) >= 11 is 0. The van der Waals surface area contributed by atoms with Crippen LogP contribution in [0.1, 0.15) is 16.8 Å². The lowest BCUT2D eigenvalue weighted by Gasteiger charge is -2.01. The third kappa shape index (κ3) is 0.811. The number of aromatic nitrogens is 1. The van der Waals surface area contributed by atoms with Crippen LogP contribution in [-0.4, -0.2) is 4.98 Å². The Bertz CT molecular complexity index is 348. The van der Waals surface area contributed by atoms with E-state index in [1.54, 1.807) is 0 Å². The molecular formula is C10H9N. The van der Waals surface area contributed by atoms with Crippen molar-refractivity contribution in [1.29, 1.82) is 0 Å². The molecule has 1 heterocycles. The number of hydrogen-bond acceptors (Lipinski definition) is 1. The molecule has 1 aromatic heterocycles. The monoisotopic (exact) mass is 143 g/mol. The van der Waals surface area contributed by atoms with Gasteiger partial charge in [0.1, 0.15) is 0 Å². The van der Waals surface area contributed by atoms with Gasteiger partial charge in [0, 0.05) is 11.8 Å². The summed E-state index contributed by atoms with van der Waals surface area (Å²) < 4.78 is 0. The minimum absolute atomic E-state index is 1.05. The highest BCUT2D eigenvalue weighted by molar-refractivity contribution is 5.88. The van der Waals surface area contributed by atoms with Crippen LogP contribution in [0.5, 0.6) is 0 Å². The highest BCUT2D eigenvalue weighted by Gasteiger charge is 2.10. The minimum atomic E-state index is 1.05. The summed E-state index contributed by atoms with van der Waals surface area (Å²) in [5.74, 6) is 0. The molecule has 0 saturated heterocycles. The highest BCUT2D eigenvalue weighted by Crippen LogP contribution is 2.28. The molecule has 0 unspecified atom stereocenters. The first-order valence-corrected chi connectivity index (χ1v) is 3.62. The molecule has 0 aliphatic heterocycles. The number of allylic oxidation sites excluding steroid dienone is 2. The number of pyridine rings is 1. The Balaban J connectivity index is 2.74.